The highest BCUT2D eigenvalue weighted by Crippen LogP contribution is 2.35. The summed E-state index contributed by atoms with van der Waals surface area (Å²) in [4.78, 5) is 11.8. The van der Waals surface area contributed by atoms with Gasteiger partial charge in [-0.1, -0.05) is 53.5 Å². The zero-order valence-corrected chi connectivity index (χ0v) is 14.7. The van der Waals surface area contributed by atoms with E-state index in [1.165, 1.54) is 5.56 Å². The highest BCUT2D eigenvalue weighted by molar-refractivity contribution is 9.10. The van der Waals surface area contributed by atoms with Crippen LogP contribution in [0.3, 0.4) is 0 Å². The molecule has 2 rings (SSSR count). The number of amides is 1. The fraction of sp³-hybridized carbons (Fsp3) is 0.188. The Balaban J connectivity index is 1.79. The van der Waals surface area contributed by atoms with Crippen LogP contribution in [0.4, 0.5) is 0 Å². The molecule has 0 aromatic heterocycles. The molecule has 0 unspecified atom stereocenters. The monoisotopic (exact) mass is 401 g/mol. The van der Waals surface area contributed by atoms with E-state index in [1.807, 2.05) is 30.3 Å². The van der Waals surface area contributed by atoms with Gasteiger partial charge in [0.15, 0.2) is 12.4 Å². The van der Waals surface area contributed by atoms with Gasteiger partial charge in [-0.15, -0.1) is 0 Å². The molecule has 0 heterocycles. The van der Waals surface area contributed by atoms with E-state index in [9.17, 15) is 4.79 Å². The number of halogens is 3. The third kappa shape index (κ3) is 5.20. The van der Waals surface area contributed by atoms with Crippen molar-refractivity contribution in [3.05, 3.63) is 62.5 Å². The van der Waals surface area contributed by atoms with Gasteiger partial charge in [0.2, 0.25) is 0 Å². The smallest absolute Gasteiger partial charge is 0.257 e. The van der Waals surface area contributed by atoms with Crippen LogP contribution in [0, 0.1) is 0 Å². The number of carbonyl (C=O) groups excluding carboxylic acids is 1. The first-order valence-electron chi connectivity index (χ1n) is 6.64. The fourth-order valence-corrected chi connectivity index (χ4v) is 3.22. The van der Waals surface area contributed by atoms with Gasteiger partial charge in [0, 0.05) is 11.6 Å². The van der Waals surface area contributed by atoms with Gasteiger partial charge < -0.3 is 10.1 Å². The lowest BCUT2D eigenvalue weighted by Crippen LogP contribution is -2.30. The SMILES string of the molecule is O=C(COc1c(Cl)cc(Cl)cc1Br)NCCc1ccccc1. The Kier molecular flexibility index (Phi) is 6.55. The maximum absolute atomic E-state index is 11.8. The number of rotatable bonds is 6. The molecule has 0 aliphatic rings. The van der Waals surface area contributed by atoms with E-state index in [0.717, 1.165) is 6.42 Å². The quantitative estimate of drug-likeness (QED) is 0.772. The maximum Gasteiger partial charge on any atom is 0.257 e. The zero-order chi connectivity index (χ0) is 15.9. The maximum atomic E-state index is 11.8. The van der Waals surface area contributed by atoms with Gasteiger partial charge in [-0.2, -0.15) is 0 Å². The summed E-state index contributed by atoms with van der Waals surface area (Å²) < 4.78 is 6.05. The minimum atomic E-state index is -0.200. The number of benzene rings is 2. The van der Waals surface area contributed by atoms with Crippen LogP contribution in [0.1, 0.15) is 5.56 Å². The van der Waals surface area contributed by atoms with Crippen molar-refractivity contribution in [3.63, 3.8) is 0 Å². The Hall–Kier alpha value is -1.23. The number of ether oxygens (including phenoxy) is 1. The number of hydrogen-bond donors (Lipinski definition) is 1. The normalized spacial score (nSPS) is 10.3. The molecule has 2 aromatic rings. The van der Waals surface area contributed by atoms with Crippen LogP contribution in [-0.4, -0.2) is 19.1 Å². The Morgan fingerprint density at radius 3 is 2.59 bits per heavy atom. The molecule has 2 aromatic carbocycles. The van der Waals surface area contributed by atoms with Crippen LogP contribution in [-0.2, 0) is 11.2 Å². The van der Waals surface area contributed by atoms with Crippen molar-refractivity contribution >= 4 is 45.0 Å². The van der Waals surface area contributed by atoms with Gasteiger partial charge in [0.1, 0.15) is 0 Å². The number of hydrogen-bond acceptors (Lipinski definition) is 2. The molecule has 116 valence electrons. The van der Waals surface area contributed by atoms with Crippen molar-refractivity contribution in [1.29, 1.82) is 0 Å². The lowest BCUT2D eigenvalue weighted by molar-refractivity contribution is -0.123. The van der Waals surface area contributed by atoms with Gasteiger partial charge in [-0.3, -0.25) is 4.79 Å². The fourth-order valence-electron chi connectivity index (χ4n) is 1.85. The Morgan fingerprint density at radius 1 is 1.18 bits per heavy atom. The zero-order valence-electron chi connectivity index (χ0n) is 11.6. The molecule has 0 aliphatic carbocycles. The second kappa shape index (κ2) is 8.42. The number of nitrogens with one attached hydrogen (secondary N) is 1. The molecular formula is C16H14BrCl2NO2. The molecule has 0 aliphatic heterocycles. The predicted molar refractivity (Wildman–Crippen MR) is 92.8 cm³/mol. The predicted octanol–water partition coefficient (Wildman–Crippen LogP) is 4.49. The summed E-state index contributed by atoms with van der Waals surface area (Å²) in [6.45, 7) is 0.455. The first kappa shape index (κ1) is 17.1. The van der Waals surface area contributed by atoms with Crippen molar-refractivity contribution in [2.24, 2.45) is 0 Å². The van der Waals surface area contributed by atoms with Crippen molar-refractivity contribution in [2.75, 3.05) is 13.2 Å². The van der Waals surface area contributed by atoms with Crippen molar-refractivity contribution in [3.8, 4) is 5.75 Å². The van der Waals surface area contributed by atoms with Crippen LogP contribution in [0.2, 0.25) is 10.0 Å². The molecule has 0 saturated carbocycles. The van der Waals surface area contributed by atoms with Crippen molar-refractivity contribution < 1.29 is 9.53 Å². The van der Waals surface area contributed by atoms with E-state index < -0.39 is 0 Å². The molecule has 1 amide bonds. The molecular weight excluding hydrogens is 389 g/mol. The summed E-state index contributed by atoms with van der Waals surface area (Å²) in [7, 11) is 0. The van der Waals surface area contributed by atoms with Crippen molar-refractivity contribution in [1.82, 2.24) is 5.32 Å². The van der Waals surface area contributed by atoms with E-state index in [4.69, 9.17) is 27.9 Å². The molecule has 1 N–H and O–H groups in total. The Morgan fingerprint density at radius 2 is 1.91 bits per heavy atom. The molecule has 3 nitrogen and oxygen atoms in total. The van der Waals surface area contributed by atoms with Crippen LogP contribution in [0.15, 0.2) is 46.9 Å². The first-order valence-corrected chi connectivity index (χ1v) is 8.19. The third-order valence-corrected chi connectivity index (χ3v) is 3.98. The third-order valence-electron chi connectivity index (χ3n) is 2.89. The van der Waals surface area contributed by atoms with Gasteiger partial charge in [-0.05, 0) is 40.0 Å². The lowest BCUT2D eigenvalue weighted by Gasteiger charge is -2.11. The highest BCUT2D eigenvalue weighted by atomic mass is 79.9. The highest BCUT2D eigenvalue weighted by Gasteiger charge is 2.10. The molecule has 6 heteroatoms. The lowest BCUT2D eigenvalue weighted by atomic mass is 10.1. The van der Waals surface area contributed by atoms with Crippen molar-refractivity contribution in [2.45, 2.75) is 6.42 Å². The van der Waals surface area contributed by atoms with Crippen LogP contribution in [0.25, 0.3) is 0 Å². The van der Waals surface area contributed by atoms with E-state index in [1.54, 1.807) is 12.1 Å². The van der Waals surface area contributed by atoms with Crippen LogP contribution >= 0.6 is 39.1 Å². The van der Waals surface area contributed by atoms with Gasteiger partial charge in [-0.25, -0.2) is 0 Å². The summed E-state index contributed by atoms with van der Waals surface area (Å²) in [5.41, 5.74) is 1.17. The first-order chi connectivity index (χ1) is 10.6. The molecule has 0 radical (unpaired) electrons. The van der Waals surface area contributed by atoms with Gasteiger partial charge in [0.05, 0.1) is 9.50 Å². The molecule has 0 spiro atoms. The summed E-state index contributed by atoms with van der Waals surface area (Å²) in [6.07, 6.45) is 0.776. The minimum absolute atomic E-state index is 0.102. The van der Waals surface area contributed by atoms with Gasteiger partial charge >= 0.3 is 0 Å². The summed E-state index contributed by atoms with van der Waals surface area (Å²) >= 11 is 15.2. The van der Waals surface area contributed by atoms with Crippen LogP contribution < -0.4 is 10.1 Å². The molecule has 0 saturated heterocycles. The largest absolute Gasteiger partial charge is 0.481 e. The second-order valence-electron chi connectivity index (χ2n) is 4.57. The van der Waals surface area contributed by atoms with E-state index in [-0.39, 0.29) is 12.5 Å². The molecule has 0 atom stereocenters. The average molecular weight is 403 g/mol. The Labute approximate surface area is 147 Å². The van der Waals surface area contributed by atoms with Gasteiger partial charge in [0.25, 0.3) is 5.91 Å². The minimum Gasteiger partial charge on any atom is -0.481 e. The Bertz CT molecular complexity index is 627. The topological polar surface area (TPSA) is 38.3 Å². The second-order valence-corrected chi connectivity index (χ2v) is 6.27. The van der Waals surface area contributed by atoms with Crippen LogP contribution in [0.5, 0.6) is 5.75 Å². The summed E-state index contributed by atoms with van der Waals surface area (Å²) in [5.74, 6) is 0.207. The summed E-state index contributed by atoms with van der Waals surface area (Å²) in [5, 5.41) is 3.66. The molecule has 0 fully saturated rings. The standard InChI is InChI=1S/C16H14BrCl2NO2/c17-13-8-12(18)9-14(19)16(13)22-10-15(21)20-7-6-11-4-2-1-3-5-11/h1-5,8-9H,6-7,10H2,(H,20,21). The van der Waals surface area contributed by atoms with E-state index in [2.05, 4.69) is 21.2 Å². The summed E-state index contributed by atoms with van der Waals surface area (Å²) in [6, 6.07) is 13.2. The average Bonchev–Trinajstić information content (AvgIpc) is 2.47. The number of carbonyl (C=O) groups is 1. The molecule has 22 heavy (non-hydrogen) atoms. The molecule has 0 bridgehead atoms. The van der Waals surface area contributed by atoms with E-state index >= 15 is 0 Å². The van der Waals surface area contributed by atoms with E-state index in [0.29, 0.717) is 26.8 Å².